The molecular weight excluding hydrogens is 358 g/mol. The van der Waals surface area contributed by atoms with Crippen LogP contribution in [0.25, 0.3) is 0 Å². The number of hydrogen-bond donors (Lipinski definition) is 4. The van der Waals surface area contributed by atoms with Gasteiger partial charge in [0, 0.05) is 29.7 Å². The first-order chi connectivity index (χ1) is 13.1. The summed E-state index contributed by atoms with van der Waals surface area (Å²) >= 11 is 0. The minimum absolute atomic E-state index is 0.0222. The summed E-state index contributed by atoms with van der Waals surface area (Å²) in [5.41, 5.74) is 6.72. The number of aliphatic hydroxyl groups is 2. The first-order valence-corrected chi connectivity index (χ1v) is 9.44. The molecule has 0 radical (unpaired) electrons. The smallest absolute Gasteiger partial charge is 0.328 e. The maximum atomic E-state index is 12.3. The van der Waals surface area contributed by atoms with Crippen LogP contribution in [-0.2, 0) is 4.79 Å². The number of benzene rings is 1. The van der Waals surface area contributed by atoms with Crippen LogP contribution >= 0.6 is 0 Å². The van der Waals surface area contributed by atoms with Crippen molar-refractivity contribution in [2.45, 2.75) is 45.8 Å². The lowest BCUT2D eigenvalue weighted by Gasteiger charge is -2.28. The maximum absolute atomic E-state index is 12.3. The lowest BCUT2D eigenvalue weighted by atomic mass is 9.80. The molecular formula is C22H31NO5. The molecule has 0 saturated carbocycles. The zero-order chi connectivity index (χ0) is 21.3. The number of carbonyl (C=O) groups excluding carboxylic acids is 1. The molecule has 0 aliphatic carbocycles. The van der Waals surface area contributed by atoms with Gasteiger partial charge in [-0.05, 0) is 49.4 Å². The molecule has 0 fully saturated rings. The molecule has 0 heterocycles. The van der Waals surface area contributed by atoms with Crippen molar-refractivity contribution in [3.63, 3.8) is 0 Å². The standard InChI is InChI=1S/C22H31NO5/c1-14(19(16(3)24)6-4-5-7-22(27)28)12-15(2)20(25)13-21(26)17-8-10-18(23)11-9-17/h4-11,14-16,19-20,24-25H,12-13,23H2,1-3H3,(H,27,28)/b6-4+,7-5+. The van der Waals surface area contributed by atoms with Crippen LogP contribution in [0.15, 0.2) is 48.6 Å². The molecule has 0 amide bonds. The number of carboxylic acids is 1. The fourth-order valence-corrected chi connectivity index (χ4v) is 3.23. The van der Waals surface area contributed by atoms with Crippen LogP contribution in [0.3, 0.4) is 0 Å². The predicted molar refractivity (Wildman–Crippen MR) is 110 cm³/mol. The number of Topliss-reactive ketones (excluding diaryl/α,β-unsaturated/α-hetero) is 1. The topological polar surface area (TPSA) is 121 Å². The van der Waals surface area contributed by atoms with E-state index < -0.39 is 18.2 Å². The SMILES string of the molecule is CC(O)C(/C=C/C=C/C(=O)O)C(C)CC(C)C(O)CC(=O)c1ccc(N)cc1. The Morgan fingerprint density at radius 1 is 1.04 bits per heavy atom. The van der Waals surface area contributed by atoms with E-state index in [9.17, 15) is 19.8 Å². The van der Waals surface area contributed by atoms with E-state index in [0.29, 0.717) is 17.7 Å². The van der Waals surface area contributed by atoms with Crippen LogP contribution in [0.1, 0.15) is 44.0 Å². The molecule has 1 rings (SSSR count). The molecule has 0 aromatic heterocycles. The van der Waals surface area contributed by atoms with Crippen molar-refractivity contribution in [2.24, 2.45) is 17.8 Å². The summed E-state index contributed by atoms with van der Waals surface area (Å²) in [5.74, 6) is -1.48. The van der Waals surface area contributed by atoms with Gasteiger partial charge in [-0.3, -0.25) is 4.79 Å². The molecule has 0 bridgehead atoms. The monoisotopic (exact) mass is 389 g/mol. The van der Waals surface area contributed by atoms with Gasteiger partial charge in [-0.25, -0.2) is 4.79 Å². The average Bonchev–Trinajstić information content (AvgIpc) is 2.61. The second-order valence-corrected chi connectivity index (χ2v) is 7.41. The number of rotatable bonds is 11. The highest BCUT2D eigenvalue weighted by molar-refractivity contribution is 5.96. The van der Waals surface area contributed by atoms with Gasteiger partial charge >= 0.3 is 5.97 Å². The minimum atomic E-state index is -1.03. The van der Waals surface area contributed by atoms with Gasteiger partial charge in [0.2, 0.25) is 0 Å². The molecule has 5 unspecified atom stereocenters. The van der Waals surface area contributed by atoms with Crippen molar-refractivity contribution in [3.8, 4) is 0 Å². The van der Waals surface area contributed by atoms with Crippen molar-refractivity contribution < 1.29 is 24.9 Å². The second kappa shape index (κ2) is 11.4. The van der Waals surface area contributed by atoms with Crippen molar-refractivity contribution in [1.82, 2.24) is 0 Å². The Hall–Kier alpha value is -2.44. The number of nitrogen functional groups attached to an aromatic ring is 1. The predicted octanol–water partition coefficient (Wildman–Crippen LogP) is 3.06. The number of ketones is 1. The highest BCUT2D eigenvalue weighted by Gasteiger charge is 2.25. The summed E-state index contributed by atoms with van der Waals surface area (Å²) in [4.78, 5) is 22.8. The van der Waals surface area contributed by atoms with E-state index in [1.807, 2.05) is 13.8 Å². The number of hydrogen-bond acceptors (Lipinski definition) is 5. The Kier molecular flexibility index (Phi) is 9.62. The third kappa shape index (κ3) is 8.06. The first-order valence-electron chi connectivity index (χ1n) is 9.44. The molecule has 154 valence electrons. The molecule has 0 saturated heterocycles. The molecule has 1 aromatic rings. The summed E-state index contributed by atoms with van der Waals surface area (Å²) in [5, 5.41) is 29.1. The quantitative estimate of drug-likeness (QED) is 0.200. The molecule has 28 heavy (non-hydrogen) atoms. The third-order valence-corrected chi connectivity index (χ3v) is 4.92. The largest absolute Gasteiger partial charge is 0.478 e. The van der Waals surface area contributed by atoms with E-state index >= 15 is 0 Å². The molecule has 0 aliphatic rings. The van der Waals surface area contributed by atoms with Crippen LogP contribution in [-0.4, -0.2) is 39.3 Å². The molecule has 1 aromatic carbocycles. The molecule has 0 aliphatic heterocycles. The fourth-order valence-electron chi connectivity index (χ4n) is 3.23. The van der Waals surface area contributed by atoms with Gasteiger partial charge in [0.1, 0.15) is 0 Å². The van der Waals surface area contributed by atoms with E-state index in [1.165, 1.54) is 6.08 Å². The number of carboxylic acid groups (broad SMARTS) is 1. The number of aliphatic hydroxyl groups excluding tert-OH is 2. The lowest BCUT2D eigenvalue weighted by molar-refractivity contribution is -0.131. The number of carbonyl (C=O) groups is 2. The zero-order valence-corrected chi connectivity index (χ0v) is 16.7. The van der Waals surface area contributed by atoms with Crippen LogP contribution in [0, 0.1) is 17.8 Å². The molecule has 6 heteroatoms. The van der Waals surface area contributed by atoms with Crippen LogP contribution < -0.4 is 5.73 Å². The van der Waals surface area contributed by atoms with Gasteiger partial charge in [-0.15, -0.1) is 0 Å². The van der Waals surface area contributed by atoms with Gasteiger partial charge in [0.25, 0.3) is 0 Å². The van der Waals surface area contributed by atoms with E-state index in [-0.39, 0.29) is 30.0 Å². The number of allylic oxidation sites excluding steroid dienone is 2. The van der Waals surface area contributed by atoms with E-state index in [0.717, 1.165) is 6.08 Å². The Morgan fingerprint density at radius 2 is 1.64 bits per heavy atom. The molecule has 0 spiro atoms. The van der Waals surface area contributed by atoms with Crippen LogP contribution in [0.2, 0.25) is 0 Å². The highest BCUT2D eigenvalue weighted by Crippen LogP contribution is 2.27. The normalized spacial score (nSPS) is 17.3. The number of anilines is 1. The minimum Gasteiger partial charge on any atom is -0.478 e. The fraction of sp³-hybridized carbons (Fsp3) is 0.455. The second-order valence-electron chi connectivity index (χ2n) is 7.41. The summed E-state index contributed by atoms with van der Waals surface area (Å²) in [6.45, 7) is 5.52. The van der Waals surface area contributed by atoms with Gasteiger partial charge in [-0.2, -0.15) is 0 Å². The average molecular weight is 389 g/mol. The number of aliphatic carboxylic acids is 1. The molecule has 5 atom stereocenters. The van der Waals surface area contributed by atoms with Crippen molar-refractivity contribution >= 4 is 17.4 Å². The van der Waals surface area contributed by atoms with Gasteiger partial charge in [0.05, 0.1) is 12.2 Å². The Balaban J connectivity index is 2.66. The Morgan fingerprint density at radius 3 is 2.18 bits per heavy atom. The summed E-state index contributed by atoms with van der Waals surface area (Å²) in [6, 6.07) is 6.61. The van der Waals surface area contributed by atoms with E-state index in [4.69, 9.17) is 10.8 Å². The summed E-state index contributed by atoms with van der Waals surface area (Å²) in [7, 11) is 0. The van der Waals surface area contributed by atoms with Crippen molar-refractivity contribution in [3.05, 3.63) is 54.1 Å². The molecule has 5 N–H and O–H groups in total. The van der Waals surface area contributed by atoms with Gasteiger partial charge < -0.3 is 21.1 Å². The van der Waals surface area contributed by atoms with Crippen LogP contribution in [0.4, 0.5) is 5.69 Å². The Labute approximate surface area is 166 Å². The summed E-state index contributed by atoms with van der Waals surface area (Å²) in [6.07, 6.45) is 5.03. The van der Waals surface area contributed by atoms with Gasteiger partial charge in [0.15, 0.2) is 5.78 Å². The van der Waals surface area contributed by atoms with E-state index in [2.05, 4.69) is 0 Å². The lowest BCUT2D eigenvalue weighted by Crippen LogP contribution is -2.28. The Bertz CT molecular complexity index is 693. The van der Waals surface area contributed by atoms with Crippen molar-refractivity contribution in [1.29, 1.82) is 0 Å². The molecule has 6 nitrogen and oxygen atoms in total. The first kappa shape index (κ1) is 23.6. The zero-order valence-electron chi connectivity index (χ0n) is 16.7. The third-order valence-electron chi connectivity index (χ3n) is 4.92. The van der Waals surface area contributed by atoms with E-state index in [1.54, 1.807) is 43.3 Å². The van der Waals surface area contributed by atoms with Crippen LogP contribution in [0.5, 0.6) is 0 Å². The highest BCUT2D eigenvalue weighted by atomic mass is 16.4. The number of nitrogens with two attached hydrogens (primary N) is 1. The van der Waals surface area contributed by atoms with Gasteiger partial charge in [-0.1, -0.05) is 32.1 Å². The summed E-state index contributed by atoms with van der Waals surface area (Å²) < 4.78 is 0. The van der Waals surface area contributed by atoms with Crippen molar-refractivity contribution in [2.75, 3.05) is 5.73 Å². The maximum Gasteiger partial charge on any atom is 0.328 e.